The molecular formula is C13H15NO5. The molecule has 1 aromatic rings. The maximum atomic E-state index is 11.1. The van der Waals surface area contributed by atoms with Crippen molar-refractivity contribution in [2.24, 2.45) is 4.99 Å². The lowest BCUT2D eigenvalue weighted by atomic mass is 10.1. The molecule has 6 nitrogen and oxygen atoms in total. The summed E-state index contributed by atoms with van der Waals surface area (Å²) in [6, 6.07) is 8.51. The summed E-state index contributed by atoms with van der Waals surface area (Å²) in [5.41, 5.74) is 0.782. The lowest BCUT2D eigenvalue weighted by molar-refractivity contribution is -0.157. The summed E-state index contributed by atoms with van der Waals surface area (Å²) < 4.78 is 9.73. The maximum Gasteiger partial charge on any atom is 0.337 e. The third kappa shape index (κ3) is 2.91. The Balaban J connectivity index is 2.08. The van der Waals surface area contributed by atoms with Crippen molar-refractivity contribution >= 4 is 11.9 Å². The SMILES string of the molecule is COC(=O)[C@@H](O)[C@H](O)[C@@H]1COC(c2ccccc2)=N1. The van der Waals surface area contributed by atoms with E-state index in [9.17, 15) is 15.0 Å². The van der Waals surface area contributed by atoms with E-state index in [4.69, 9.17) is 4.74 Å². The number of methoxy groups -OCH3 is 1. The number of aliphatic hydroxyl groups is 2. The van der Waals surface area contributed by atoms with Gasteiger partial charge in [-0.05, 0) is 12.1 Å². The maximum absolute atomic E-state index is 11.1. The Labute approximate surface area is 110 Å². The van der Waals surface area contributed by atoms with E-state index in [1.165, 1.54) is 0 Å². The lowest BCUT2D eigenvalue weighted by Crippen LogP contribution is -2.42. The molecule has 1 aliphatic rings. The fraction of sp³-hybridized carbons (Fsp3) is 0.385. The largest absolute Gasteiger partial charge is 0.475 e. The number of carbonyl (C=O) groups is 1. The molecule has 0 amide bonds. The van der Waals surface area contributed by atoms with Crippen LogP contribution in [0.15, 0.2) is 35.3 Å². The zero-order valence-corrected chi connectivity index (χ0v) is 10.4. The monoisotopic (exact) mass is 265 g/mol. The summed E-state index contributed by atoms with van der Waals surface area (Å²) in [4.78, 5) is 15.3. The van der Waals surface area contributed by atoms with Gasteiger partial charge >= 0.3 is 5.97 Å². The van der Waals surface area contributed by atoms with Crippen LogP contribution in [0.25, 0.3) is 0 Å². The second kappa shape index (κ2) is 5.81. The predicted octanol–water partition coefficient (Wildman–Crippen LogP) is -0.273. The molecule has 0 unspecified atom stereocenters. The van der Waals surface area contributed by atoms with Crippen LogP contribution in [0.2, 0.25) is 0 Å². The van der Waals surface area contributed by atoms with Crippen LogP contribution < -0.4 is 0 Å². The fourth-order valence-electron chi connectivity index (χ4n) is 1.77. The van der Waals surface area contributed by atoms with E-state index in [1.54, 1.807) is 0 Å². The van der Waals surface area contributed by atoms with E-state index in [2.05, 4.69) is 9.73 Å². The molecule has 0 saturated heterocycles. The first-order chi connectivity index (χ1) is 9.13. The Kier molecular flexibility index (Phi) is 4.13. The second-order valence-corrected chi connectivity index (χ2v) is 4.14. The minimum absolute atomic E-state index is 0.111. The van der Waals surface area contributed by atoms with Crippen LogP contribution >= 0.6 is 0 Å². The van der Waals surface area contributed by atoms with Crippen LogP contribution in [0, 0.1) is 0 Å². The van der Waals surface area contributed by atoms with Gasteiger partial charge in [-0.15, -0.1) is 0 Å². The Morgan fingerprint density at radius 2 is 2.11 bits per heavy atom. The quantitative estimate of drug-likeness (QED) is 0.731. The summed E-state index contributed by atoms with van der Waals surface area (Å²) in [7, 11) is 1.14. The molecule has 0 saturated carbocycles. The van der Waals surface area contributed by atoms with Crippen LogP contribution in [0.5, 0.6) is 0 Å². The topological polar surface area (TPSA) is 88.4 Å². The van der Waals surface area contributed by atoms with Crippen LogP contribution in [0.1, 0.15) is 5.56 Å². The van der Waals surface area contributed by atoms with E-state index in [0.717, 1.165) is 12.7 Å². The van der Waals surface area contributed by atoms with Crippen molar-refractivity contribution in [3.05, 3.63) is 35.9 Å². The van der Waals surface area contributed by atoms with E-state index in [0.29, 0.717) is 5.90 Å². The summed E-state index contributed by atoms with van der Waals surface area (Å²) >= 11 is 0. The Morgan fingerprint density at radius 1 is 1.42 bits per heavy atom. The van der Waals surface area contributed by atoms with Crippen molar-refractivity contribution in [1.29, 1.82) is 0 Å². The van der Waals surface area contributed by atoms with Crippen molar-refractivity contribution in [3.8, 4) is 0 Å². The number of aliphatic imine (C=N–C) groups is 1. The van der Waals surface area contributed by atoms with Crippen molar-refractivity contribution in [1.82, 2.24) is 0 Å². The van der Waals surface area contributed by atoms with E-state index in [1.807, 2.05) is 30.3 Å². The number of hydrogen-bond donors (Lipinski definition) is 2. The van der Waals surface area contributed by atoms with Gasteiger partial charge in [0.15, 0.2) is 6.10 Å². The highest BCUT2D eigenvalue weighted by molar-refractivity contribution is 5.95. The first kappa shape index (κ1) is 13.5. The molecule has 1 heterocycles. The van der Waals surface area contributed by atoms with E-state index < -0.39 is 24.2 Å². The number of nitrogens with zero attached hydrogens (tertiary/aromatic N) is 1. The predicted molar refractivity (Wildman–Crippen MR) is 66.7 cm³/mol. The standard InChI is InChI=1S/C13H15NO5/c1-18-13(17)11(16)10(15)9-7-19-12(14-9)8-5-3-2-4-6-8/h2-6,9-11,15-16H,7H2,1H3/t9-,10+,11-/m0/s1. The number of rotatable bonds is 4. The number of carbonyl (C=O) groups excluding carboxylic acids is 1. The van der Waals surface area contributed by atoms with E-state index >= 15 is 0 Å². The first-order valence-corrected chi connectivity index (χ1v) is 5.83. The highest BCUT2D eigenvalue weighted by atomic mass is 16.5. The zero-order chi connectivity index (χ0) is 13.8. The highest BCUT2D eigenvalue weighted by Crippen LogP contribution is 2.16. The van der Waals surface area contributed by atoms with Gasteiger partial charge in [-0.3, -0.25) is 0 Å². The Morgan fingerprint density at radius 3 is 2.74 bits per heavy atom. The number of esters is 1. The fourth-order valence-corrected chi connectivity index (χ4v) is 1.77. The van der Waals surface area contributed by atoms with Crippen LogP contribution in [0.3, 0.4) is 0 Å². The van der Waals surface area contributed by atoms with Gasteiger partial charge < -0.3 is 19.7 Å². The second-order valence-electron chi connectivity index (χ2n) is 4.14. The summed E-state index contributed by atoms with van der Waals surface area (Å²) in [6.45, 7) is 0.111. The normalized spacial score (nSPS) is 21.2. The van der Waals surface area contributed by atoms with Crippen LogP contribution in [-0.2, 0) is 14.3 Å². The summed E-state index contributed by atoms with van der Waals surface area (Å²) in [6.07, 6.45) is -2.98. The minimum atomic E-state index is -1.63. The highest BCUT2D eigenvalue weighted by Gasteiger charge is 2.35. The molecule has 3 atom stereocenters. The number of aliphatic hydroxyl groups excluding tert-OH is 2. The average molecular weight is 265 g/mol. The Bertz CT molecular complexity index is 473. The number of ether oxygens (including phenoxy) is 2. The summed E-state index contributed by atoms with van der Waals surface area (Å²) in [5, 5.41) is 19.4. The van der Waals surface area contributed by atoms with Gasteiger partial charge in [-0.1, -0.05) is 18.2 Å². The summed E-state index contributed by atoms with van der Waals surface area (Å²) in [5.74, 6) is -0.502. The van der Waals surface area contributed by atoms with Gasteiger partial charge in [0, 0.05) is 5.56 Å². The van der Waals surface area contributed by atoms with Crippen molar-refractivity contribution in [3.63, 3.8) is 0 Å². The molecule has 2 N–H and O–H groups in total. The molecule has 1 aliphatic heterocycles. The first-order valence-electron chi connectivity index (χ1n) is 5.83. The van der Waals surface area contributed by atoms with Crippen LogP contribution in [-0.4, -0.2) is 54.0 Å². The molecule has 0 aliphatic carbocycles. The van der Waals surface area contributed by atoms with Crippen molar-refractivity contribution < 1.29 is 24.5 Å². The number of benzene rings is 1. The molecule has 6 heteroatoms. The van der Waals surface area contributed by atoms with Gasteiger partial charge in [0.2, 0.25) is 5.90 Å². The molecular weight excluding hydrogens is 250 g/mol. The molecule has 102 valence electrons. The van der Waals surface area contributed by atoms with Gasteiger partial charge in [0.1, 0.15) is 18.8 Å². The van der Waals surface area contributed by atoms with Crippen molar-refractivity contribution in [2.45, 2.75) is 18.2 Å². The molecule has 19 heavy (non-hydrogen) atoms. The molecule has 0 bridgehead atoms. The van der Waals surface area contributed by atoms with E-state index in [-0.39, 0.29) is 6.61 Å². The average Bonchev–Trinajstić information content (AvgIpc) is 2.95. The molecule has 1 aromatic carbocycles. The molecule has 0 fully saturated rings. The Hall–Kier alpha value is -1.92. The minimum Gasteiger partial charge on any atom is -0.475 e. The zero-order valence-electron chi connectivity index (χ0n) is 10.4. The molecule has 0 aromatic heterocycles. The lowest BCUT2D eigenvalue weighted by Gasteiger charge is -2.18. The third-order valence-electron chi connectivity index (χ3n) is 2.86. The van der Waals surface area contributed by atoms with Crippen LogP contribution in [0.4, 0.5) is 0 Å². The van der Waals surface area contributed by atoms with Gasteiger partial charge in [-0.25, -0.2) is 9.79 Å². The third-order valence-corrected chi connectivity index (χ3v) is 2.86. The molecule has 0 radical (unpaired) electrons. The van der Waals surface area contributed by atoms with Gasteiger partial charge in [0.25, 0.3) is 0 Å². The van der Waals surface area contributed by atoms with Crippen molar-refractivity contribution in [2.75, 3.05) is 13.7 Å². The van der Waals surface area contributed by atoms with Gasteiger partial charge in [-0.2, -0.15) is 0 Å². The molecule has 0 spiro atoms. The molecule has 2 rings (SSSR count). The van der Waals surface area contributed by atoms with Gasteiger partial charge in [0.05, 0.1) is 7.11 Å². The smallest absolute Gasteiger partial charge is 0.337 e. The number of hydrogen-bond acceptors (Lipinski definition) is 6.